The molecule has 0 saturated carbocycles. The minimum atomic E-state index is -0.306. The normalized spacial score (nSPS) is 19.5. The van der Waals surface area contributed by atoms with Crippen LogP contribution in [0, 0.1) is 11.7 Å². The molecule has 0 atom stereocenters. The van der Waals surface area contributed by atoms with E-state index < -0.39 is 0 Å². The second-order valence-corrected chi connectivity index (χ2v) is 7.75. The second kappa shape index (κ2) is 7.60. The number of fused-ring (bicyclic) bond motifs is 1. The molecule has 7 heteroatoms. The number of rotatable bonds is 4. The fourth-order valence-corrected chi connectivity index (χ4v) is 4.98. The molecule has 140 valence electrons. The minimum Gasteiger partial charge on any atom is -0.380 e. The molecule has 0 radical (unpaired) electrons. The third kappa shape index (κ3) is 3.24. The van der Waals surface area contributed by atoms with Crippen molar-refractivity contribution >= 4 is 27.3 Å². The zero-order chi connectivity index (χ0) is 18.1. The number of thiophene rings is 1. The Balaban J connectivity index is 1.55. The van der Waals surface area contributed by atoms with Crippen molar-refractivity contribution in [1.82, 2.24) is 4.90 Å². The Bertz CT molecular complexity index is 794. The van der Waals surface area contributed by atoms with E-state index in [0.717, 1.165) is 17.5 Å². The fraction of sp³-hybridized carbons (Fsp3) is 0.526. The van der Waals surface area contributed by atoms with Gasteiger partial charge in [0.15, 0.2) is 6.29 Å². The summed E-state index contributed by atoms with van der Waals surface area (Å²) in [6.45, 7) is 2.85. The minimum absolute atomic E-state index is 0.0376. The largest absolute Gasteiger partial charge is 0.380 e. The Labute approximate surface area is 155 Å². The summed E-state index contributed by atoms with van der Waals surface area (Å²) < 4.78 is 31.5. The maximum atomic E-state index is 14.3. The van der Waals surface area contributed by atoms with Crippen LogP contribution < -0.4 is 0 Å². The third-order valence-corrected chi connectivity index (χ3v) is 6.29. The van der Waals surface area contributed by atoms with Crippen molar-refractivity contribution < 1.29 is 23.4 Å². The van der Waals surface area contributed by atoms with Crippen molar-refractivity contribution in [3.8, 4) is 0 Å². The van der Waals surface area contributed by atoms with E-state index in [1.807, 2.05) is 11.0 Å². The first-order valence-electron chi connectivity index (χ1n) is 8.90. The van der Waals surface area contributed by atoms with E-state index in [2.05, 4.69) is 0 Å². The highest BCUT2D eigenvalue weighted by molar-refractivity contribution is 7.21. The van der Waals surface area contributed by atoms with Crippen LogP contribution in [0.3, 0.4) is 0 Å². The van der Waals surface area contributed by atoms with Gasteiger partial charge in [-0.15, -0.1) is 11.3 Å². The molecule has 0 spiro atoms. The lowest BCUT2D eigenvalue weighted by Crippen LogP contribution is -2.41. The highest BCUT2D eigenvalue weighted by Gasteiger charge is 2.33. The smallest absolute Gasteiger partial charge is 0.264 e. The van der Waals surface area contributed by atoms with E-state index in [9.17, 15) is 9.18 Å². The average molecular weight is 379 g/mol. The number of methoxy groups -OCH3 is 1. The molecule has 1 aromatic heterocycles. The van der Waals surface area contributed by atoms with Crippen molar-refractivity contribution in [2.24, 2.45) is 5.92 Å². The highest BCUT2D eigenvalue weighted by Crippen LogP contribution is 2.35. The molecule has 26 heavy (non-hydrogen) atoms. The maximum absolute atomic E-state index is 14.3. The number of hydrogen-bond donors (Lipinski definition) is 0. The number of halogens is 1. The van der Waals surface area contributed by atoms with Gasteiger partial charge in [0.05, 0.1) is 24.7 Å². The van der Waals surface area contributed by atoms with Crippen LogP contribution in [0.5, 0.6) is 0 Å². The number of benzene rings is 1. The summed E-state index contributed by atoms with van der Waals surface area (Å²) in [5.74, 6) is -0.0108. The molecule has 1 aromatic carbocycles. The zero-order valence-corrected chi connectivity index (χ0v) is 15.5. The molecular weight excluding hydrogens is 357 g/mol. The average Bonchev–Trinajstić information content (AvgIpc) is 3.31. The van der Waals surface area contributed by atoms with E-state index in [-0.39, 0.29) is 24.6 Å². The predicted molar refractivity (Wildman–Crippen MR) is 96.8 cm³/mol. The summed E-state index contributed by atoms with van der Waals surface area (Å²) in [6, 6.07) is 4.95. The van der Waals surface area contributed by atoms with Gasteiger partial charge in [0.25, 0.3) is 5.91 Å². The molecule has 4 rings (SSSR count). The number of amides is 1. The summed E-state index contributed by atoms with van der Waals surface area (Å²) in [6.07, 6.45) is 1.58. The van der Waals surface area contributed by atoms with Crippen molar-refractivity contribution in [3.05, 3.63) is 34.5 Å². The molecule has 0 bridgehead atoms. The van der Waals surface area contributed by atoms with E-state index in [0.29, 0.717) is 48.0 Å². The Morgan fingerprint density at radius 3 is 2.73 bits per heavy atom. The molecule has 2 fully saturated rings. The van der Waals surface area contributed by atoms with Gasteiger partial charge in [-0.25, -0.2) is 4.39 Å². The monoisotopic (exact) mass is 379 g/mol. The Morgan fingerprint density at radius 1 is 1.31 bits per heavy atom. The Hall–Kier alpha value is -1.54. The highest BCUT2D eigenvalue weighted by atomic mass is 32.1. The molecule has 3 heterocycles. The van der Waals surface area contributed by atoms with Gasteiger partial charge >= 0.3 is 0 Å². The quantitative estimate of drug-likeness (QED) is 0.817. The van der Waals surface area contributed by atoms with Gasteiger partial charge in [-0.1, -0.05) is 6.07 Å². The summed E-state index contributed by atoms with van der Waals surface area (Å²) in [7, 11) is 1.56. The lowest BCUT2D eigenvalue weighted by molar-refractivity contribution is -0.0956. The second-order valence-electron chi connectivity index (χ2n) is 6.70. The molecule has 0 aliphatic carbocycles. The van der Waals surface area contributed by atoms with Gasteiger partial charge in [0.1, 0.15) is 5.82 Å². The number of hydrogen-bond acceptors (Lipinski definition) is 5. The van der Waals surface area contributed by atoms with Crippen LogP contribution in [0.1, 0.15) is 28.1 Å². The first-order chi connectivity index (χ1) is 12.7. The fourth-order valence-electron chi connectivity index (χ4n) is 3.79. The lowest BCUT2D eigenvalue weighted by Gasteiger charge is -2.33. The van der Waals surface area contributed by atoms with Crippen molar-refractivity contribution in [2.45, 2.75) is 25.7 Å². The van der Waals surface area contributed by atoms with Crippen LogP contribution in [-0.2, 0) is 20.8 Å². The molecule has 2 aliphatic heterocycles. The van der Waals surface area contributed by atoms with Crippen LogP contribution >= 0.6 is 11.3 Å². The van der Waals surface area contributed by atoms with Crippen LogP contribution in [-0.4, -0.2) is 50.5 Å². The molecular formula is C19H22FNO4S. The van der Waals surface area contributed by atoms with Crippen molar-refractivity contribution in [3.63, 3.8) is 0 Å². The molecule has 2 aliphatic rings. The van der Waals surface area contributed by atoms with E-state index in [1.165, 1.54) is 17.4 Å². The number of ether oxygens (including phenoxy) is 3. The lowest BCUT2D eigenvalue weighted by atomic mass is 9.96. The summed E-state index contributed by atoms with van der Waals surface area (Å²) in [5.41, 5.74) is 0.653. The van der Waals surface area contributed by atoms with Crippen LogP contribution in [0.15, 0.2) is 18.2 Å². The van der Waals surface area contributed by atoms with Gasteiger partial charge in [0, 0.05) is 41.8 Å². The predicted octanol–water partition coefficient (Wildman–Crippen LogP) is 3.41. The van der Waals surface area contributed by atoms with Gasteiger partial charge in [-0.2, -0.15) is 0 Å². The van der Waals surface area contributed by atoms with Gasteiger partial charge in [0.2, 0.25) is 0 Å². The van der Waals surface area contributed by atoms with E-state index in [4.69, 9.17) is 14.2 Å². The van der Waals surface area contributed by atoms with Crippen LogP contribution in [0.2, 0.25) is 0 Å². The van der Waals surface area contributed by atoms with E-state index >= 15 is 0 Å². The number of likely N-dealkylation sites (tertiary alicyclic amines) is 1. The molecule has 1 amide bonds. The zero-order valence-electron chi connectivity index (χ0n) is 14.7. The summed E-state index contributed by atoms with van der Waals surface area (Å²) >= 11 is 1.35. The number of piperidine rings is 1. The van der Waals surface area contributed by atoms with Crippen LogP contribution in [0.25, 0.3) is 10.1 Å². The van der Waals surface area contributed by atoms with Crippen LogP contribution in [0.4, 0.5) is 4.39 Å². The van der Waals surface area contributed by atoms with Crippen molar-refractivity contribution in [1.29, 1.82) is 0 Å². The molecule has 0 unspecified atom stereocenters. The van der Waals surface area contributed by atoms with E-state index in [1.54, 1.807) is 13.2 Å². The topological polar surface area (TPSA) is 48.0 Å². The standard InChI is InChI=1S/C19H22FNO4S/c1-23-11-13-16-14(20)3-2-4-15(16)26-17(13)18(22)21-7-5-12(6-8-21)19-24-9-10-25-19/h2-4,12,19H,5-11H2,1H3. The third-order valence-electron chi connectivity index (χ3n) is 5.11. The molecule has 2 aromatic rings. The summed E-state index contributed by atoms with van der Waals surface area (Å²) in [4.78, 5) is 15.5. The SMILES string of the molecule is COCc1c(C(=O)N2CCC(C3OCCO3)CC2)sc2cccc(F)c12. The maximum Gasteiger partial charge on any atom is 0.264 e. The first-order valence-corrected chi connectivity index (χ1v) is 9.72. The number of carbonyl (C=O) groups is 1. The van der Waals surface area contributed by atoms with Gasteiger partial charge in [-0.05, 0) is 25.0 Å². The number of carbonyl (C=O) groups excluding carboxylic acids is 1. The molecule has 0 N–H and O–H groups in total. The van der Waals surface area contributed by atoms with Gasteiger partial charge in [-0.3, -0.25) is 4.79 Å². The van der Waals surface area contributed by atoms with Crippen molar-refractivity contribution in [2.75, 3.05) is 33.4 Å². The summed E-state index contributed by atoms with van der Waals surface area (Å²) in [5, 5.41) is 0.505. The molecule has 5 nitrogen and oxygen atoms in total. The van der Waals surface area contributed by atoms with Gasteiger partial charge < -0.3 is 19.1 Å². The first kappa shape index (κ1) is 17.9. The molecule has 2 saturated heterocycles. The Kier molecular flexibility index (Phi) is 5.22. The number of nitrogens with zero attached hydrogens (tertiary/aromatic N) is 1. The Morgan fingerprint density at radius 2 is 2.04 bits per heavy atom.